The first-order chi connectivity index (χ1) is 15.3. The summed E-state index contributed by atoms with van der Waals surface area (Å²) in [7, 11) is -3.12. The van der Waals surface area contributed by atoms with Crippen LogP contribution < -0.4 is 5.32 Å². The molecule has 2 aliphatic rings. The molecule has 1 saturated carbocycles. The minimum atomic E-state index is -3.12. The maximum Gasteiger partial charge on any atom is 0.252 e. The van der Waals surface area contributed by atoms with Crippen LogP contribution in [0.1, 0.15) is 54.2 Å². The maximum atomic E-state index is 13.5. The third-order valence-electron chi connectivity index (χ3n) is 6.47. The number of nitrogens with one attached hydrogen (secondary N) is 1. The van der Waals surface area contributed by atoms with Crippen LogP contribution in [0.5, 0.6) is 0 Å². The maximum absolute atomic E-state index is 13.5. The smallest absolute Gasteiger partial charge is 0.252 e. The van der Waals surface area contributed by atoms with Gasteiger partial charge in [-0.15, -0.1) is 0 Å². The van der Waals surface area contributed by atoms with E-state index in [-0.39, 0.29) is 35.3 Å². The predicted molar refractivity (Wildman–Crippen MR) is 120 cm³/mol. The Morgan fingerprint density at radius 3 is 2.53 bits per heavy atom. The standard InChI is InChI=1S/C23H25FN4O3S/c1-14-21-19(23(29)25-17-4-2-3-5-17)12-20(15-6-8-16(24)9-7-15)26-22(21)28(27-14)18-10-11-32(30,31)13-18/h6-9,12,17-18H,2-5,10-11,13H2,1H3,(H,25,29). The zero-order valence-electron chi connectivity index (χ0n) is 17.8. The molecule has 1 unspecified atom stereocenters. The molecule has 3 aromatic rings. The SMILES string of the molecule is Cc1nn(C2CCS(=O)(=O)C2)c2nc(-c3ccc(F)cc3)cc(C(=O)NC3CCCC3)c12. The van der Waals surface area contributed by atoms with E-state index in [9.17, 15) is 17.6 Å². The van der Waals surface area contributed by atoms with E-state index in [0.717, 1.165) is 25.7 Å². The van der Waals surface area contributed by atoms with Crippen molar-refractivity contribution >= 4 is 26.8 Å². The fraction of sp³-hybridized carbons (Fsp3) is 0.435. The number of amides is 1. The zero-order chi connectivity index (χ0) is 22.5. The van der Waals surface area contributed by atoms with E-state index in [0.29, 0.717) is 40.0 Å². The van der Waals surface area contributed by atoms with Crippen LogP contribution in [-0.2, 0) is 9.84 Å². The Labute approximate surface area is 186 Å². The van der Waals surface area contributed by atoms with E-state index < -0.39 is 9.84 Å². The highest BCUT2D eigenvalue weighted by Crippen LogP contribution is 2.32. The molecule has 1 N–H and O–H groups in total. The number of carbonyl (C=O) groups excluding carboxylic acids is 1. The largest absolute Gasteiger partial charge is 0.349 e. The summed E-state index contributed by atoms with van der Waals surface area (Å²) in [6.07, 6.45) is 4.59. The molecule has 0 spiro atoms. The average Bonchev–Trinajstić information content (AvgIpc) is 3.47. The highest BCUT2D eigenvalue weighted by atomic mass is 32.2. The third-order valence-corrected chi connectivity index (χ3v) is 8.22. The summed E-state index contributed by atoms with van der Waals surface area (Å²) in [4.78, 5) is 18.1. The number of nitrogens with zero attached hydrogens (tertiary/aromatic N) is 3. The van der Waals surface area contributed by atoms with Gasteiger partial charge in [-0.3, -0.25) is 4.79 Å². The molecule has 1 saturated heterocycles. The van der Waals surface area contributed by atoms with Gasteiger partial charge in [-0.1, -0.05) is 12.8 Å². The number of hydrogen-bond acceptors (Lipinski definition) is 5. The Morgan fingerprint density at radius 2 is 1.88 bits per heavy atom. The number of rotatable bonds is 4. The summed E-state index contributed by atoms with van der Waals surface area (Å²) in [5, 5.41) is 8.38. The molecule has 7 nitrogen and oxygen atoms in total. The van der Waals surface area contributed by atoms with Gasteiger partial charge in [0.15, 0.2) is 15.5 Å². The number of sulfone groups is 1. The van der Waals surface area contributed by atoms with Crippen LogP contribution in [0.25, 0.3) is 22.3 Å². The van der Waals surface area contributed by atoms with Crippen LogP contribution in [0.4, 0.5) is 4.39 Å². The van der Waals surface area contributed by atoms with E-state index in [1.54, 1.807) is 22.9 Å². The fourth-order valence-electron chi connectivity index (χ4n) is 4.82. The molecule has 2 aromatic heterocycles. The molecule has 3 heterocycles. The van der Waals surface area contributed by atoms with E-state index >= 15 is 0 Å². The lowest BCUT2D eigenvalue weighted by Crippen LogP contribution is -2.32. The quantitative estimate of drug-likeness (QED) is 0.648. The third kappa shape index (κ3) is 3.90. The molecule has 0 bridgehead atoms. The number of pyridine rings is 1. The average molecular weight is 457 g/mol. The lowest BCUT2D eigenvalue weighted by atomic mass is 10.0. The van der Waals surface area contributed by atoms with Gasteiger partial charge in [0.1, 0.15) is 5.82 Å². The van der Waals surface area contributed by atoms with E-state index in [4.69, 9.17) is 4.98 Å². The molecule has 2 fully saturated rings. The Hall–Kier alpha value is -2.81. The molecular weight excluding hydrogens is 431 g/mol. The highest BCUT2D eigenvalue weighted by Gasteiger charge is 2.32. The van der Waals surface area contributed by atoms with E-state index in [1.165, 1.54) is 12.1 Å². The number of aromatic nitrogens is 3. The van der Waals surface area contributed by atoms with Gasteiger partial charge in [0, 0.05) is 11.6 Å². The molecule has 5 rings (SSSR count). The van der Waals surface area contributed by atoms with Crippen molar-refractivity contribution in [3.63, 3.8) is 0 Å². The van der Waals surface area contributed by atoms with Crippen molar-refractivity contribution in [1.82, 2.24) is 20.1 Å². The second kappa shape index (κ2) is 7.95. The summed E-state index contributed by atoms with van der Waals surface area (Å²) in [6, 6.07) is 7.50. The molecule has 9 heteroatoms. The van der Waals surface area contributed by atoms with Crippen LogP contribution in [0.2, 0.25) is 0 Å². The van der Waals surface area contributed by atoms with Gasteiger partial charge in [0.05, 0.1) is 39.9 Å². The van der Waals surface area contributed by atoms with Gasteiger partial charge >= 0.3 is 0 Å². The van der Waals surface area contributed by atoms with Crippen LogP contribution in [-0.4, -0.2) is 46.6 Å². The van der Waals surface area contributed by atoms with Crippen molar-refractivity contribution in [1.29, 1.82) is 0 Å². The second-order valence-corrected chi connectivity index (χ2v) is 11.0. The number of carbonyl (C=O) groups is 1. The molecule has 32 heavy (non-hydrogen) atoms. The van der Waals surface area contributed by atoms with Crippen molar-refractivity contribution in [3.05, 3.63) is 47.4 Å². The lowest BCUT2D eigenvalue weighted by Gasteiger charge is -2.15. The summed E-state index contributed by atoms with van der Waals surface area (Å²) in [5.74, 6) is -0.416. The molecule has 1 aliphatic heterocycles. The second-order valence-electron chi connectivity index (χ2n) is 8.80. The number of hydrogen-bond donors (Lipinski definition) is 1. The molecule has 1 atom stereocenters. The number of fused-ring (bicyclic) bond motifs is 1. The van der Waals surface area contributed by atoms with E-state index in [2.05, 4.69) is 10.4 Å². The van der Waals surface area contributed by atoms with E-state index in [1.807, 2.05) is 6.92 Å². The fourth-order valence-corrected chi connectivity index (χ4v) is 6.51. The first-order valence-corrected chi connectivity index (χ1v) is 12.8. The molecular formula is C23H25FN4O3S. The van der Waals surface area contributed by atoms with Gasteiger partial charge < -0.3 is 5.32 Å². The van der Waals surface area contributed by atoms with Gasteiger partial charge in [0.25, 0.3) is 5.91 Å². The predicted octanol–water partition coefficient (Wildman–Crippen LogP) is 3.58. The molecule has 1 amide bonds. The molecule has 0 radical (unpaired) electrons. The Kier molecular flexibility index (Phi) is 5.23. The van der Waals surface area contributed by atoms with Crippen LogP contribution >= 0.6 is 0 Å². The van der Waals surface area contributed by atoms with Crippen molar-refractivity contribution in [3.8, 4) is 11.3 Å². The van der Waals surface area contributed by atoms with Crippen molar-refractivity contribution in [2.45, 2.75) is 51.1 Å². The lowest BCUT2D eigenvalue weighted by molar-refractivity contribution is 0.0939. The summed E-state index contributed by atoms with van der Waals surface area (Å²) >= 11 is 0. The first kappa shape index (κ1) is 21.1. The minimum Gasteiger partial charge on any atom is -0.349 e. The minimum absolute atomic E-state index is 0.00921. The molecule has 168 valence electrons. The van der Waals surface area contributed by atoms with Crippen molar-refractivity contribution in [2.75, 3.05) is 11.5 Å². The van der Waals surface area contributed by atoms with Crippen molar-refractivity contribution < 1.29 is 17.6 Å². The Morgan fingerprint density at radius 1 is 1.16 bits per heavy atom. The summed E-state index contributed by atoms with van der Waals surface area (Å²) in [5.41, 5.74) is 2.79. The number of aryl methyl sites for hydroxylation is 1. The number of halogens is 1. The monoisotopic (exact) mass is 456 g/mol. The van der Waals surface area contributed by atoms with Gasteiger partial charge in [-0.25, -0.2) is 22.5 Å². The van der Waals surface area contributed by atoms with Gasteiger partial charge in [-0.05, 0) is 56.5 Å². The summed E-state index contributed by atoms with van der Waals surface area (Å²) < 4.78 is 39.3. The van der Waals surface area contributed by atoms with Gasteiger partial charge in [-0.2, -0.15) is 5.10 Å². The Balaban J connectivity index is 1.66. The number of benzene rings is 1. The van der Waals surface area contributed by atoms with Crippen LogP contribution in [0, 0.1) is 12.7 Å². The molecule has 1 aromatic carbocycles. The topological polar surface area (TPSA) is 93.9 Å². The Bertz CT molecular complexity index is 1300. The molecule has 1 aliphatic carbocycles. The zero-order valence-corrected chi connectivity index (χ0v) is 18.7. The van der Waals surface area contributed by atoms with Crippen LogP contribution in [0.15, 0.2) is 30.3 Å². The van der Waals surface area contributed by atoms with Crippen molar-refractivity contribution in [2.24, 2.45) is 0 Å². The highest BCUT2D eigenvalue weighted by molar-refractivity contribution is 7.91. The van der Waals surface area contributed by atoms with Crippen LogP contribution in [0.3, 0.4) is 0 Å². The first-order valence-electron chi connectivity index (χ1n) is 11.0. The normalized spacial score (nSPS) is 20.8. The summed E-state index contributed by atoms with van der Waals surface area (Å²) in [6.45, 7) is 1.81. The van der Waals surface area contributed by atoms with Gasteiger partial charge in [0.2, 0.25) is 0 Å².